The average Bonchev–Trinajstić information content (AvgIpc) is 3.49. The van der Waals surface area contributed by atoms with Crippen LogP contribution in [0, 0.1) is 11.8 Å². The Morgan fingerprint density at radius 1 is 1.02 bits per heavy atom. The highest BCUT2D eigenvalue weighted by Crippen LogP contribution is 2.31. The first kappa shape index (κ1) is 28.0. The van der Waals surface area contributed by atoms with Crippen molar-refractivity contribution in [3.8, 4) is 11.3 Å². The summed E-state index contributed by atoms with van der Waals surface area (Å²) in [6.07, 6.45) is 3.58. The summed E-state index contributed by atoms with van der Waals surface area (Å²) >= 11 is 0. The number of hydrogen-bond acceptors (Lipinski definition) is 6. The van der Waals surface area contributed by atoms with Gasteiger partial charge in [0.15, 0.2) is 0 Å². The molecule has 4 N–H and O–H groups in total. The van der Waals surface area contributed by atoms with Gasteiger partial charge in [-0.3, -0.25) is 4.79 Å². The lowest BCUT2D eigenvalue weighted by Gasteiger charge is -2.33. The van der Waals surface area contributed by atoms with Crippen molar-refractivity contribution in [3.05, 3.63) is 60.2 Å². The van der Waals surface area contributed by atoms with Crippen LogP contribution in [0.2, 0.25) is 0 Å². The molecule has 5 rings (SSSR count). The van der Waals surface area contributed by atoms with Crippen LogP contribution in [0.3, 0.4) is 0 Å². The van der Waals surface area contributed by atoms with Crippen molar-refractivity contribution in [1.29, 1.82) is 0 Å². The molecule has 2 heterocycles. The molecule has 1 saturated carbocycles. The fraction of sp³-hybridized carbons (Fsp3) is 0.414. The Labute approximate surface area is 233 Å². The number of nitrogens with two attached hydrogens (primary N) is 1. The third-order valence-corrected chi connectivity index (χ3v) is 8.93. The first-order valence-corrected chi connectivity index (χ1v) is 15.1. The maximum atomic E-state index is 13.4. The number of para-hydroxylation sites is 1. The third-order valence-electron chi connectivity index (χ3n) is 8.00. The summed E-state index contributed by atoms with van der Waals surface area (Å²) in [5.41, 5.74) is 2.39. The number of sulfonamides is 1. The van der Waals surface area contributed by atoms with E-state index in [1.165, 1.54) is 12.1 Å². The van der Waals surface area contributed by atoms with Gasteiger partial charge in [-0.05, 0) is 68.2 Å². The molecule has 1 aliphatic carbocycles. The second kappa shape index (κ2) is 11.9. The predicted octanol–water partition coefficient (Wildman–Crippen LogP) is 3.85. The highest BCUT2D eigenvalue weighted by Gasteiger charge is 2.31. The first-order chi connectivity index (χ1) is 19.2. The van der Waals surface area contributed by atoms with Crippen LogP contribution in [-0.2, 0) is 14.8 Å². The number of amides is 2. The molecule has 2 aromatic carbocycles. The Kier molecular flexibility index (Phi) is 8.34. The molecule has 1 aromatic heterocycles. The van der Waals surface area contributed by atoms with Gasteiger partial charge in [-0.25, -0.2) is 23.3 Å². The molecule has 3 aromatic rings. The number of pyridine rings is 1. The van der Waals surface area contributed by atoms with E-state index >= 15 is 0 Å². The van der Waals surface area contributed by atoms with Gasteiger partial charge in [0.25, 0.3) is 5.91 Å². The van der Waals surface area contributed by atoms with Gasteiger partial charge < -0.3 is 20.1 Å². The summed E-state index contributed by atoms with van der Waals surface area (Å²) in [5.74, 6) is 0.448. The van der Waals surface area contributed by atoms with Crippen molar-refractivity contribution in [2.45, 2.75) is 43.0 Å². The van der Waals surface area contributed by atoms with Gasteiger partial charge in [0.05, 0.1) is 34.3 Å². The number of nitrogens with zero attached hydrogens (tertiary/aromatic N) is 2. The minimum atomic E-state index is -3.81. The molecule has 40 heavy (non-hydrogen) atoms. The van der Waals surface area contributed by atoms with Crippen molar-refractivity contribution in [2.75, 3.05) is 26.3 Å². The molecule has 2 aliphatic rings. The molecule has 0 spiro atoms. The summed E-state index contributed by atoms with van der Waals surface area (Å²) in [4.78, 5) is 31.4. The molecular weight excluding hydrogens is 532 g/mol. The molecule has 0 bridgehead atoms. The third kappa shape index (κ3) is 6.43. The molecule has 0 unspecified atom stereocenters. The lowest BCUT2D eigenvalue weighted by molar-refractivity contribution is 0.0902. The number of carbonyl (C=O) groups is 2. The zero-order valence-electron chi connectivity index (χ0n) is 22.2. The molecule has 1 atom stereocenters. The molecule has 2 amide bonds. The van der Waals surface area contributed by atoms with Crippen molar-refractivity contribution >= 4 is 32.9 Å². The second-order valence-electron chi connectivity index (χ2n) is 10.7. The van der Waals surface area contributed by atoms with Crippen LogP contribution in [0.5, 0.6) is 0 Å². The predicted molar refractivity (Wildman–Crippen MR) is 150 cm³/mol. The minimum absolute atomic E-state index is 0.00736. The zero-order chi connectivity index (χ0) is 28.3. The van der Waals surface area contributed by atoms with E-state index < -0.39 is 16.1 Å². The Balaban J connectivity index is 1.23. The van der Waals surface area contributed by atoms with E-state index in [1.807, 2.05) is 24.3 Å². The molecule has 0 radical (unpaired) electrons. The first-order valence-electron chi connectivity index (χ1n) is 13.6. The normalized spacial score (nSPS) is 21.3. The van der Waals surface area contributed by atoms with Gasteiger partial charge in [-0.2, -0.15) is 0 Å². The average molecular weight is 567 g/mol. The number of aromatic nitrogens is 1. The fourth-order valence-electron chi connectivity index (χ4n) is 5.71. The van der Waals surface area contributed by atoms with Crippen molar-refractivity contribution < 1.29 is 27.9 Å². The Morgan fingerprint density at radius 3 is 2.38 bits per heavy atom. The largest absolute Gasteiger partial charge is 0.465 e. The summed E-state index contributed by atoms with van der Waals surface area (Å²) in [6, 6.07) is 15.2. The van der Waals surface area contributed by atoms with Crippen LogP contribution >= 0.6 is 0 Å². The van der Waals surface area contributed by atoms with E-state index in [9.17, 15) is 23.1 Å². The SMILES string of the molecule is NS(=O)(=O)c1ccc(-c2cc(C(=O)NC[C@H]3CC[C@H](CN(C(=O)O)[C@H]4CCOC4)CC3)c3ccccc3n2)cc1. The van der Waals surface area contributed by atoms with Crippen LogP contribution < -0.4 is 10.5 Å². The number of nitrogens with one attached hydrogen (secondary N) is 1. The number of primary sulfonamides is 1. The molecular formula is C29H34N4O6S. The lowest BCUT2D eigenvalue weighted by atomic mass is 9.81. The lowest BCUT2D eigenvalue weighted by Crippen LogP contribution is -2.43. The standard InChI is InChI=1S/C29H34N4O6S/c30-40(37,38)23-11-9-21(10-12-23)27-15-25(24-3-1-2-4-26(24)32-27)28(34)31-16-19-5-7-20(8-6-19)17-33(29(35)36)22-13-14-39-18-22/h1-4,9-12,15,19-20,22H,5-8,13-14,16-18H2,(H,31,34)(H,35,36)(H2,30,37,38)/t19-,20-,22-/m0/s1. The van der Waals surface area contributed by atoms with Crippen LogP contribution in [0.4, 0.5) is 4.79 Å². The van der Waals surface area contributed by atoms with E-state index in [1.54, 1.807) is 23.1 Å². The fourth-order valence-corrected chi connectivity index (χ4v) is 6.22. The molecule has 1 aliphatic heterocycles. The minimum Gasteiger partial charge on any atom is -0.465 e. The van der Waals surface area contributed by atoms with Crippen molar-refractivity contribution in [2.24, 2.45) is 17.0 Å². The van der Waals surface area contributed by atoms with Gasteiger partial charge in [0.1, 0.15) is 0 Å². The topological polar surface area (TPSA) is 152 Å². The molecule has 2 fully saturated rings. The van der Waals surface area contributed by atoms with Gasteiger partial charge in [-0.15, -0.1) is 0 Å². The number of carboxylic acid groups (broad SMARTS) is 1. The van der Waals surface area contributed by atoms with Gasteiger partial charge in [0, 0.05) is 30.6 Å². The monoisotopic (exact) mass is 566 g/mol. The zero-order valence-corrected chi connectivity index (χ0v) is 23.0. The number of rotatable bonds is 8. The summed E-state index contributed by atoms with van der Waals surface area (Å²) in [5, 5.41) is 18.7. The van der Waals surface area contributed by atoms with Crippen LogP contribution in [-0.4, -0.2) is 67.8 Å². The number of benzene rings is 2. The van der Waals surface area contributed by atoms with Gasteiger partial charge in [0.2, 0.25) is 10.0 Å². The molecule has 212 valence electrons. The van der Waals surface area contributed by atoms with E-state index in [2.05, 4.69) is 10.3 Å². The quantitative estimate of drug-likeness (QED) is 0.374. The maximum absolute atomic E-state index is 13.4. The van der Waals surface area contributed by atoms with Crippen molar-refractivity contribution in [1.82, 2.24) is 15.2 Å². The maximum Gasteiger partial charge on any atom is 0.407 e. The van der Waals surface area contributed by atoms with E-state index in [0.29, 0.717) is 60.5 Å². The van der Waals surface area contributed by atoms with E-state index in [0.717, 1.165) is 37.5 Å². The summed E-state index contributed by atoms with van der Waals surface area (Å²) in [7, 11) is -3.81. The van der Waals surface area contributed by atoms with Gasteiger partial charge >= 0.3 is 6.09 Å². The Bertz CT molecular complexity index is 1480. The van der Waals surface area contributed by atoms with Crippen LogP contribution in [0.25, 0.3) is 22.2 Å². The number of fused-ring (bicyclic) bond motifs is 1. The number of hydrogen-bond donors (Lipinski definition) is 3. The van der Waals surface area contributed by atoms with Crippen molar-refractivity contribution in [3.63, 3.8) is 0 Å². The highest BCUT2D eigenvalue weighted by molar-refractivity contribution is 7.89. The number of ether oxygens (including phenoxy) is 1. The van der Waals surface area contributed by atoms with Crippen LogP contribution in [0.15, 0.2) is 59.5 Å². The number of carbonyl (C=O) groups excluding carboxylic acids is 1. The second-order valence-corrected chi connectivity index (χ2v) is 12.3. The summed E-state index contributed by atoms with van der Waals surface area (Å²) < 4.78 is 28.6. The van der Waals surface area contributed by atoms with Crippen LogP contribution in [0.1, 0.15) is 42.5 Å². The van der Waals surface area contributed by atoms with E-state index in [-0.39, 0.29) is 16.8 Å². The Hall–Kier alpha value is -3.54. The molecule has 10 nitrogen and oxygen atoms in total. The molecule has 1 saturated heterocycles. The molecule has 11 heteroatoms. The Morgan fingerprint density at radius 2 is 1.73 bits per heavy atom. The summed E-state index contributed by atoms with van der Waals surface area (Å²) in [6.45, 7) is 2.16. The smallest absolute Gasteiger partial charge is 0.407 e. The highest BCUT2D eigenvalue weighted by atomic mass is 32.2. The van der Waals surface area contributed by atoms with E-state index in [4.69, 9.17) is 9.88 Å². The van der Waals surface area contributed by atoms with Gasteiger partial charge in [-0.1, -0.05) is 30.3 Å².